The Balaban J connectivity index is 5.91. The van der Waals surface area contributed by atoms with E-state index in [0.717, 1.165) is 0 Å². The summed E-state index contributed by atoms with van der Waals surface area (Å²) in [6, 6.07) is 0. The summed E-state index contributed by atoms with van der Waals surface area (Å²) in [4.78, 5) is 0. The minimum Gasteiger partial charge on any atom is -0.205 e. The van der Waals surface area contributed by atoms with Crippen LogP contribution in [-0.2, 0) is 0 Å². The molecule has 18 heavy (non-hydrogen) atoms. The maximum atomic E-state index is 14.5. The summed E-state index contributed by atoms with van der Waals surface area (Å²) in [5.74, 6) is -3.86. The molecule has 0 amide bonds. The summed E-state index contributed by atoms with van der Waals surface area (Å²) in [5.41, 5.74) is -5.73. The monoisotopic (exact) mass is 274 g/mol. The highest BCUT2D eigenvalue weighted by atomic mass is 19.4. The van der Waals surface area contributed by atoms with Crippen LogP contribution in [0, 0.1) is 16.2 Å². The van der Waals surface area contributed by atoms with E-state index in [1.807, 2.05) is 0 Å². The van der Waals surface area contributed by atoms with Crippen molar-refractivity contribution in [1.82, 2.24) is 0 Å². The number of rotatable bonds is 3. The molecule has 5 heteroatoms. The molecule has 0 saturated carbocycles. The van der Waals surface area contributed by atoms with Crippen LogP contribution < -0.4 is 0 Å². The fraction of sp³-hybridized carbons (Fsp3) is 1.00. The molecule has 1 unspecified atom stereocenters. The SMILES string of the molecule is CCC(C)(C(C)(C)C)C(F)(F)C(C)(C)C(F)(F)F. The van der Waals surface area contributed by atoms with Gasteiger partial charge in [0.15, 0.2) is 0 Å². The molecule has 0 aliphatic carbocycles. The van der Waals surface area contributed by atoms with E-state index in [-0.39, 0.29) is 6.42 Å². The van der Waals surface area contributed by atoms with E-state index in [0.29, 0.717) is 13.8 Å². The Morgan fingerprint density at radius 2 is 1.06 bits per heavy atom. The maximum Gasteiger partial charge on any atom is 0.399 e. The zero-order chi connectivity index (χ0) is 15.2. The molecule has 0 aliphatic rings. The lowest BCUT2D eigenvalue weighted by atomic mass is 9.57. The van der Waals surface area contributed by atoms with Gasteiger partial charge in [0.05, 0.1) is 0 Å². The Hall–Kier alpha value is -0.350. The zero-order valence-electron chi connectivity index (χ0n) is 12.1. The van der Waals surface area contributed by atoms with Crippen LogP contribution in [0.5, 0.6) is 0 Å². The average molecular weight is 274 g/mol. The van der Waals surface area contributed by atoms with Crippen LogP contribution in [0.1, 0.15) is 54.9 Å². The van der Waals surface area contributed by atoms with Crippen molar-refractivity contribution in [2.45, 2.75) is 67.0 Å². The van der Waals surface area contributed by atoms with Crippen LogP contribution in [0.4, 0.5) is 22.0 Å². The summed E-state index contributed by atoms with van der Waals surface area (Å²) < 4.78 is 67.8. The summed E-state index contributed by atoms with van der Waals surface area (Å²) >= 11 is 0. The van der Waals surface area contributed by atoms with E-state index in [4.69, 9.17) is 0 Å². The molecule has 0 N–H and O–H groups in total. The highest BCUT2D eigenvalue weighted by Gasteiger charge is 2.71. The van der Waals surface area contributed by atoms with Gasteiger partial charge in [-0.05, 0) is 25.7 Å². The minimum absolute atomic E-state index is 0.0248. The summed E-state index contributed by atoms with van der Waals surface area (Å²) in [6.45, 7) is 8.55. The Labute approximate surface area is 106 Å². The van der Waals surface area contributed by atoms with Gasteiger partial charge >= 0.3 is 6.18 Å². The van der Waals surface area contributed by atoms with Crippen LogP contribution in [0.2, 0.25) is 0 Å². The van der Waals surface area contributed by atoms with Crippen LogP contribution >= 0.6 is 0 Å². The lowest BCUT2D eigenvalue weighted by molar-refractivity contribution is -0.329. The molecule has 110 valence electrons. The Bertz CT molecular complexity index is 295. The standard InChI is InChI=1S/C13H23F5/c1-8-11(7,9(2,3)4)12(14,15)10(5,6)13(16,17)18/h8H2,1-7H3. The first-order chi connectivity index (χ1) is 7.56. The van der Waals surface area contributed by atoms with Crippen molar-refractivity contribution < 1.29 is 22.0 Å². The zero-order valence-corrected chi connectivity index (χ0v) is 12.1. The first-order valence-corrected chi connectivity index (χ1v) is 6.01. The molecule has 0 spiro atoms. The first-order valence-electron chi connectivity index (χ1n) is 6.01. The van der Waals surface area contributed by atoms with E-state index in [1.165, 1.54) is 13.8 Å². The molecule has 0 aliphatic heterocycles. The van der Waals surface area contributed by atoms with E-state index in [1.54, 1.807) is 20.8 Å². The smallest absolute Gasteiger partial charge is 0.205 e. The van der Waals surface area contributed by atoms with Gasteiger partial charge in [0, 0.05) is 5.41 Å². The van der Waals surface area contributed by atoms with Crippen molar-refractivity contribution in [2.24, 2.45) is 16.2 Å². The molecule has 0 fully saturated rings. The number of hydrogen-bond acceptors (Lipinski definition) is 0. The molecule has 0 aromatic rings. The lowest BCUT2D eigenvalue weighted by Crippen LogP contribution is -2.60. The Morgan fingerprint density at radius 1 is 0.722 bits per heavy atom. The first kappa shape index (κ1) is 17.6. The Kier molecular flexibility index (Phi) is 4.26. The molecule has 0 radical (unpaired) electrons. The summed E-state index contributed by atoms with van der Waals surface area (Å²) in [6.07, 6.45) is -4.97. The second-order valence-corrected chi connectivity index (χ2v) is 6.63. The highest BCUT2D eigenvalue weighted by Crippen LogP contribution is 2.62. The molecule has 0 heterocycles. The molecule has 0 bridgehead atoms. The van der Waals surface area contributed by atoms with Crippen molar-refractivity contribution in [3.05, 3.63) is 0 Å². The van der Waals surface area contributed by atoms with Crippen LogP contribution in [0.25, 0.3) is 0 Å². The van der Waals surface area contributed by atoms with E-state index >= 15 is 0 Å². The Morgan fingerprint density at radius 3 is 1.22 bits per heavy atom. The molecular formula is C13H23F5. The van der Waals surface area contributed by atoms with Crippen molar-refractivity contribution in [3.8, 4) is 0 Å². The average Bonchev–Trinajstić information content (AvgIpc) is 2.12. The topological polar surface area (TPSA) is 0 Å². The van der Waals surface area contributed by atoms with Gasteiger partial charge in [0.2, 0.25) is 0 Å². The molecule has 0 aromatic heterocycles. The van der Waals surface area contributed by atoms with Gasteiger partial charge in [-0.25, -0.2) is 8.78 Å². The summed E-state index contributed by atoms with van der Waals surface area (Å²) in [5, 5.41) is 0. The molecule has 0 rings (SSSR count). The molecule has 1 atom stereocenters. The molecule has 0 nitrogen and oxygen atoms in total. The maximum absolute atomic E-state index is 14.5. The van der Waals surface area contributed by atoms with Crippen molar-refractivity contribution in [2.75, 3.05) is 0 Å². The minimum atomic E-state index is -4.95. The van der Waals surface area contributed by atoms with Gasteiger partial charge in [0.25, 0.3) is 5.92 Å². The van der Waals surface area contributed by atoms with Crippen molar-refractivity contribution in [3.63, 3.8) is 0 Å². The van der Waals surface area contributed by atoms with Crippen LogP contribution in [0.3, 0.4) is 0 Å². The molecular weight excluding hydrogens is 251 g/mol. The van der Waals surface area contributed by atoms with Crippen LogP contribution in [-0.4, -0.2) is 12.1 Å². The largest absolute Gasteiger partial charge is 0.399 e. The quantitative estimate of drug-likeness (QED) is 0.581. The van der Waals surface area contributed by atoms with Gasteiger partial charge in [-0.15, -0.1) is 0 Å². The number of alkyl halides is 5. The van der Waals surface area contributed by atoms with Crippen molar-refractivity contribution in [1.29, 1.82) is 0 Å². The normalized spacial score (nSPS) is 18.7. The summed E-state index contributed by atoms with van der Waals surface area (Å²) in [7, 11) is 0. The van der Waals surface area contributed by atoms with Gasteiger partial charge < -0.3 is 0 Å². The highest BCUT2D eigenvalue weighted by molar-refractivity contribution is 5.05. The van der Waals surface area contributed by atoms with Crippen LogP contribution in [0.15, 0.2) is 0 Å². The fourth-order valence-corrected chi connectivity index (χ4v) is 2.09. The third kappa shape index (κ3) is 2.25. The van der Waals surface area contributed by atoms with E-state index in [9.17, 15) is 22.0 Å². The third-order valence-corrected chi connectivity index (χ3v) is 4.55. The second-order valence-electron chi connectivity index (χ2n) is 6.63. The predicted octanol–water partition coefficient (Wildman–Crippen LogP) is 5.67. The predicted molar refractivity (Wildman–Crippen MR) is 62.6 cm³/mol. The molecule has 0 saturated heterocycles. The van der Waals surface area contributed by atoms with Gasteiger partial charge in [0.1, 0.15) is 5.41 Å². The third-order valence-electron chi connectivity index (χ3n) is 4.55. The van der Waals surface area contributed by atoms with Crippen molar-refractivity contribution >= 4 is 0 Å². The number of halogens is 5. The molecule has 0 aromatic carbocycles. The van der Waals surface area contributed by atoms with Gasteiger partial charge in [-0.2, -0.15) is 13.2 Å². The number of hydrogen-bond donors (Lipinski definition) is 0. The van der Waals surface area contributed by atoms with Gasteiger partial charge in [-0.1, -0.05) is 34.6 Å². The van der Waals surface area contributed by atoms with E-state index in [2.05, 4.69) is 0 Å². The fourth-order valence-electron chi connectivity index (χ4n) is 2.09. The van der Waals surface area contributed by atoms with Gasteiger partial charge in [-0.3, -0.25) is 0 Å². The lowest BCUT2D eigenvalue weighted by Gasteiger charge is -2.52. The van der Waals surface area contributed by atoms with E-state index < -0.39 is 28.3 Å². The second kappa shape index (κ2) is 4.34.